The summed E-state index contributed by atoms with van der Waals surface area (Å²) >= 11 is 0. The molecule has 1 atom stereocenters. The van der Waals surface area contributed by atoms with Gasteiger partial charge in [-0.3, -0.25) is 0 Å². The number of cyclic esters (lactones) is 1. The van der Waals surface area contributed by atoms with Gasteiger partial charge < -0.3 is 9.84 Å². The highest BCUT2D eigenvalue weighted by Gasteiger charge is 2.32. The summed E-state index contributed by atoms with van der Waals surface area (Å²) in [4.78, 5) is 22.6. The second-order valence-electron chi connectivity index (χ2n) is 4.46. The normalized spacial score (nSPS) is 18.8. The Morgan fingerprint density at radius 1 is 1.47 bits per heavy atom. The molecule has 1 aliphatic heterocycles. The summed E-state index contributed by atoms with van der Waals surface area (Å²) in [7, 11) is 0. The average molecular weight is 234 g/mol. The van der Waals surface area contributed by atoms with Crippen molar-refractivity contribution in [2.45, 2.75) is 32.3 Å². The number of carboxylic acids is 1. The molecule has 17 heavy (non-hydrogen) atoms. The number of benzene rings is 1. The molecule has 90 valence electrons. The first kappa shape index (κ1) is 11.6. The third kappa shape index (κ3) is 2.02. The average Bonchev–Trinajstić information content (AvgIpc) is 2.27. The number of fused-ring (bicyclic) bond motifs is 1. The lowest BCUT2D eigenvalue weighted by molar-refractivity contribution is -0.147. The molecule has 1 aromatic carbocycles. The minimum absolute atomic E-state index is 0.255. The van der Waals surface area contributed by atoms with Crippen LogP contribution in [0.3, 0.4) is 0 Å². The Morgan fingerprint density at radius 3 is 2.76 bits per heavy atom. The van der Waals surface area contributed by atoms with E-state index in [0.717, 1.165) is 11.1 Å². The molecule has 1 unspecified atom stereocenters. The van der Waals surface area contributed by atoms with Crippen LogP contribution < -0.4 is 0 Å². The van der Waals surface area contributed by atoms with Gasteiger partial charge in [0, 0.05) is 6.42 Å². The van der Waals surface area contributed by atoms with E-state index in [1.807, 2.05) is 19.9 Å². The molecule has 0 amide bonds. The van der Waals surface area contributed by atoms with Crippen molar-refractivity contribution in [2.24, 2.45) is 0 Å². The van der Waals surface area contributed by atoms with Gasteiger partial charge in [-0.25, -0.2) is 9.59 Å². The molecule has 0 saturated carbocycles. The fourth-order valence-corrected chi connectivity index (χ4v) is 2.12. The van der Waals surface area contributed by atoms with Crippen molar-refractivity contribution in [3.8, 4) is 0 Å². The highest BCUT2D eigenvalue weighted by molar-refractivity contribution is 5.95. The van der Waals surface area contributed by atoms with E-state index in [4.69, 9.17) is 9.84 Å². The summed E-state index contributed by atoms with van der Waals surface area (Å²) in [6.45, 7) is 4.04. The van der Waals surface area contributed by atoms with Crippen LogP contribution in [0.25, 0.3) is 0 Å². The summed E-state index contributed by atoms with van der Waals surface area (Å²) in [6.07, 6.45) is -0.806. The van der Waals surface area contributed by atoms with Crippen LogP contribution in [0.1, 0.15) is 41.3 Å². The van der Waals surface area contributed by atoms with Crippen LogP contribution in [-0.2, 0) is 16.0 Å². The standard InChI is InChI=1S/C13H14O4/c1-7(2)8-4-3-5-9-10(8)6-11(12(14)15)17-13(9)16/h3-5,7,11H,6H2,1-2H3,(H,14,15). The molecule has 0 aromatic heterocycles. The SMILES string of the molecule is CC(C)c1cccc2c1CC(C(=O)O)OC2=O. The lowest BCUT2D eigenvalue weighted by atomic mass is 9.88. The van der Waals surface area contributed by atoms with Gasteiger partial charge in [0.25, 0.3) is 0 Å². The molecule has 0 spiro atoms. The number of ether oxygens (including phenoxy) is 1. The number of carbonyl (C=O) groups excluding carboxylic acids is 1. The number of aliphatic carboxylic acids is 1. The minimum atomic E-state index is -1.09. The lowest BCUT2D eigenvalue weighted by Crippen LogP contribution is -2.34. The van der Waals surface area contributed by atoms with Gasteiger partial charge in [-0.05, 0) is 23.1 Å². The Hall–Kier alpha value is -1.84. The molecule has 0 saturated heterocycles. The van der Waals surface area contributed by atoms with Gasteiger partial charge in [-0.1, -0.05) is 26.0 Å². The van der Waals surface area contributed by atoms with Gasteiger partial charge in [0.15, 0.2) is 0 Å². The largest absolute Gasteiger partial charge is 0.478 e. The summed E-state index contributed by atoms with van der Waals surface area (Å²) < 4.78 is 4.87. The molecule has 2 rings (SSSR count). The Morgan fingerprint density at radius 2 is 2.18 bits per heavy atom. The van der Waals surface area contributed by atoms with E-state index in [-0.39, 0.29) is 12.3 Å². The highest BCUT2D eigenvalue weighted by Crippen LogP contribution is 2.28. The smallest absolute Gasteiger partial charge is 0.345 e. The molecular formula is C13H14O4. The summed E-state index contributed by atoms with van der Waals surface area (Å²) in [5.41, 5.74) is 2.32. The molecule has 4 heteroatoms. The van der Waals surface area contributed by atoms with E-state index in [2.05, 4.69) is 0 Å². The van der Waals surface area contributed by atoms with Crippen LogP contribution >= 0.6 is 0 Å². The highest BCUT2D eigenvalue weighted by atomic mass is 16.6. The van der Waals surface area contributed by atoms with E-state index in [9.17, 15) is 9.59 Å². The number of hydrogen-bond acceptors (Lipinski definition) is 3. The third-order valence-corrected chi connectivity index (χ3v) is 2.97. The zero-order valence-electron chi connectivity index (χ0n) is 9.77. The molecule has 0 aliphatic carbocycles. The van der Waals surface area contributed by atoms with Crippen molar-refractivity contribution in [3.63, 3.8) is 0 Å². The zero-order valence-corrected chi connectivity index (χ0v) is 9.77. The second-order valence-corrected chi connectivity index (χ2v) is 4.46. The molecule has 0 bridgehead atoms. The van der Waals surface area contributed by atoms with Crippen LogP contribution in [0, 0.1) is 0 Å². The molecule has 1 aliphatic rings. The summed E-state index contributed by atoms with van der Waals surface area (Å²) in [5.74, 6) is -1.38. The fourth-order valence-electron chi connectivity index (χ4n) is 2.12. The predicted octanol–water partition coefficient (Wildman–Crippen LogP) is 1.98. The number of carbonyl (C=O) groups is 2. The molecule has 4 nitrogen and oxygen atoms in total. The first-order valence-electron chi connectivity index (χ1n) is 5.56. The molecule has 1 N–H and O–H groups in total. The van der Waals surface area contributed by atoms with Crippen molar-refractivity contribution in [1.29, 1.82) is 0 Å². The molecule has 1 heterocycles. The van der Waals surface area contributed by atoms with Crippen molar-refractivity contribution >= 4 is 11.9 Å². The maximum atomic E-state index is 11.7. The summed E-state index contributed by atoms with van der Waals surface area (Å²) in [6, 6.07) is 5.42. The van der Waals surface area contributed by atoms with Crippen LogP contribution in [0.5, 0.6) is 0 Å². The van der Waals surface area contributed by atoms with Crippen molar-refractivity contribution in [2.75, 3.05) is 0 Å². The predicted molar refractivity (Wildman–Crippen MR) is 61.1 cm³/mol. The van der Waals surface area contributed by atoms with Gasteiger partial charge in [-0.2, -0.15) is 0 Å². The van der Waals surface area contributed by atoms with Crippen molar-refractivity contribution in [1.82, 2.24) is 0 Å². The monoisotopic (exact) mass is 234 g/mol. The second kappa shape index (κ2) is 4.20. The Balaban J connectivity index is 2.50. The van der Waals surface area contributed by atoms with E-state index in [1.54, 1.807) is 12.1 Å². The Kier molecular flexibility index (Phi) is 2.88. The van der Waals surface area contributed by atoms with Gasteiger partial charge >= 0.3 is 11.9 Å². The van der Waals surface area contributed by atoms with Crippen LogP contribution in [-0.4, -0.2) is 23.1 Å². The van der Waals surface area contributed by atoms with Crippen LogP contribution in [0.2, 0.25) is 0 Å². The molecule has 0 fully saturated rings. The molecule has 0 radical (unpaired) electrons. The van der Waals surface area contributed by atoms with E-state index < -0.39 is 18.0 Å². The topological polar surface area (TPSA) is 63.6 Å². The van der Waals surface area contributed by atoms with Crippen molar-refractivity contribution in [3.05, 3.63) is 34.9 Å². The Labute approximate surface area is 99.2 Å². The number of carboxylic acid groups (broad SMARTS) is 1. The first-order chi connectivity index (χ1) is 8.00. The Bertz CT molecular complexity index is 476. The number of esters is 1. The van der Waals surface area contributed by atoms with E-state index in [1.165, 1.54) is 0 Å². The van der Waals surface area contributed by atoms with Crippen LogP contribution in [0.4, 0.5) is 0 Å². The molecular weight excluding hydrogens is 220 g/mol. The summed E-state index contributed by atoms with van der Waals surface area (Å²) in [5, 5.41) is 8.93. The maximum absolute atomic E-state index is 11.7. The fraction of sp³-hybridized carbons (Fsp3) is 0.385. The minimum Gasteiger partial charge on any atom is -0.478 e. The number of hydrogen-bond donors (Lipinski definition) is 1. The van der Waals surface area contributed by atoms with Gasteiger partial charge in [0.2, 0.25) is 6.10 Å². The van der Waals surface area contributed by atoms with Gasteiger partial charge in [0.1, 0.15) is 0 Å². The van der Waals surface area contributed by atoms with E-state index >= 15 is 0 Å². The number of rotatable bonds is 2. The third-order valence-electron chi connectivity index (χ3n) is 2.97. The molecule has 1 aromatic rings. The lowest BCUT2D eigenvalue weighted by Gasteiger charge is -2.24. The van der Waals surface area contributed by atoms with Crippen LogP contribution in [0.15, 0.2) is 18.2 Å². The van der Waals surface area contributed by atoms with Gasteiger partial charge in [0.05, 0.1) is 5.56 Å². The van der Waals surface area contributed by atoms with E-state index in [0.29, 0.717) is 5.56 Å². The van der Waals surface area contributed by atoms with Gasteiger partial charge in [-0.15, -0.1) is 0 Å². The quantitative estimate of drug-likeness (QED) is 0.795. The maximum Gasteiger partial charge on any atom is 0.345 e. The zero-order chi connectivity index (χ0) is 12.6. The van der Waals surface area contributed by atoms with Crippen molar-refractivity contribution < 1.29 is 19.4 Å². The first-order valence-corrected chi connectivity index (χ1v) is 5.56.